The van der Waals surface area contributed by atoms with Crippen LogP contribution >= 0.6 is 22.9 Å². The second kappa shape index (κ2) is 6.86. The molecule has 0 radical (unpaired) electrons. The van der Waals surface area contributed by atoms with Gasteiger partial charge in [-0.1, -0.05) is 23.7 Å². The molecule has 2 aromatic rings. The van der Waals surface area contributed by atoms with Crippen LogP contribution in [-0.2, 0) is 17.8 Å². The number of carbonyl (C=O) groups is 1. The van der Waals surface area contributed by atoms with Gasteiger partial charge in [0.05, 0.1) is 17.3 Å². The lowest BCUT2D eigenvalue weighted by molar-refractivity contribution is -0.130. The SMILES string of the molecule is CCN(Cc1ccc(Cl)s1)C(=O)Cc1ccc(F)cc1. The fraction of sp³-hybridized carbons (Fsp3) is 0.267. The minimum absolute atomic E-state index is 0.0311. The van der Waals surface area contributed by atoms with Crippen molar-refractivity contribution >= 4 is 28.8 Å². The zero-order chi connectivity index (χ0) is 14.5. The number of halogens is 2. The van der Waals surface area contributed by atoms with Crippen LogP contribution in [0.5, 0.6) is 0 Å². The van der Waals surface area contributed by atoms with Crippen LogP contribution in [0.4, 0.5) is 4.39 Å². The summed E-state index contributed by atoms with van der Waals surface area (Å²) >= 11 is 7.37. The van der Waals surface area contributed by atoms with Crippen LogP contribution in [0, 0.1) is 5.82 Å². The summed E-state index contributed by atoms with van der Waals surface area (Å²) in [5.74, 6) is -0.259. The highest BCUT2D eigenvalue weighted by Gasteiger charge is 2.13. The second-order valence-corrected chi connectivity index (χ2v) is 6.22. The Bertz CT molecular complexity index is 582. The Morgan fingerprint density at radius 2 is 1.95 bits per heavy atom. The summed E-state index contributed by atoms with van der Waals surface area (Å²) in [6.07, 6.45) is 0.285. The quantitative estimate of drug-likeness (QED) is 0.813. The Kier molecular flexibility index (Phi) is 5.15. The summed E-state index contributed by atoms with van der Waals surface area (Å²) in [5, 5.41) is 0. The largest absolute Gasteiger partial charge is 0.338 e. The Balaban J connectivity index is 2.00. The number of thiophene rings is 1. The van der Waals surface area contributed by atoms with Gasteiger partial charge in [0.15, 0.2) is 0 Å². The van der Waals surface area contributed by atoms with Crippen LogP contribution < -0.4 is 0 Å². The smallest absolute Gasteiger partial charge is 0.227 e. The summed E-state index contributed by atoms with van der Waals surface area (Å²) in [6, 6.07) is 9.79. The number of benzene rings is 1. The highest BCUT2D eigenvalue weighted by Crippen LogP contribution is 2.22. The average Bonchev–Trinajstić information content (AvgIpc) is 2.84. The molecule has 0 bridgehead atoms. The van der Waals surface area contributed by atoms with Crippen molar-refractivity contribution in [3.63, 3.8) is 0 Å². The highest BCUT2D eigenvalue weighted by atomic mass is 35.5. The van der Waals surface area contributed by atoms with E-state index in [1.165, 1.54) is 23.5 Å². The standard InChI is InChI=1S/C15H15ClFNOS/c1-2-18(10-13-7-8-14(16)20-13)15(19)9-11-3-5-12(17)6-4-11/h3-8H,2,9-10H2,1H3. The van der Waals surface area contributed by atoms with Crippen molar-refractivity contribution in [2.75, 3.05) is 6.54 Å². The zero-order valence-corrected chi connectivity index (χ0v) is 12.7. The van der Waals surface area contributed by atoms with E-state index >= 15 is 0 Å². The maximum Gasteiger partial charge on any atom is 0.227 e. The van der Waals surface area contributed by atoms with Crippen LogP contribution in [0.25, 0.3) is 0 Å². The normalized spacial score (nSPS) is 10.6. The van der Waals surface area contributed by atoms with Crippen molar-refractivity contribution in [3.8, 4) is 0 Å². The van der Waals surface area contributed by atoms with Crippen molar-refractivity contribution in [1.29, 1.82) is 0 Å². The number of hydrogen-bond acceptors (Lipinski definition) is 2. The van der Waals surface area contributed by atoms with E-state index in [9.17, 15) is 9.18 Å². The summed E-state index contributed by atoms with van der Waals surface area (Å²) < 4.78 is 13.6. The van der Waals surface area contributed by atoms with Gasteiger partial charge in [0, 0.05) is 11.4 Å². The fourth-order valence-corrected chi connectivity index (χ4v) is 2.99. The number of nitrogens with zero attached hydrogens (tertiary/aromatic N) is 1. The molecular formula is C15H15ClFNOS. The molecule has 0 spiro atoms. The van der Waals surface area contributed by atoms with Gasteiger partial charge in [0.1, 0.15) is 5.82 Å². The predicted octanol–water partition coefficient (Wildman–Crippen LogP) is 4.13. The first kappa shape index (κ1) is 15.0. The minimum Gasteiger partial charge on any atom is -0.338 e. The van der Waals surface area contributed by atoms with E-state index < -0.39 is 0 Å². The molecule has 0 saturated heterocycles. The van der Waals surface area contributed by atoms with Crippen LogP contribution in [0.2, 0.25) is 4.34 Å². The summed E-state index contributed by atoms with van der Waals surface area (Å²) in [5.41, 5.74) is 0.819. The summed E-state index contributed by atoms with van der Waals surface area (Å²) in [7, 11) is 0. The Labute approximate surface area is 126 Å². The molecule has 0 unspecified atom stereocenters. The van der Waals surface area contributed by atoms with Gasteiger partial charge in [-0.3, -0.25) is 4.79 Å². The van der Waals surface area contributed by atoms with Crippen LogP contribution in [0.15, 0.2) is 36.4 Å². The molecule has 20 heavy (non-hydrogen) atoms. The van der Waals surface area contributed by atoms with Gasteiger partial charge < -0.3 is 4.90 Å². The first-order chi connectivity index (χ1) is 9.58. The van der Waals surface area contributed by atoms with Crippen LogP contribution in [0.1, 0.15) is 17.4 Å². The third-order valence-corrected chi connectivity index (χ3v) is 4.19. The third-order valence-electron chi connectivity index (χ3n) is 2.98. The number of likely N-dealkylation sites (N-methyl/N-ethyl adjacent to an activating group) is 1. The first-order valence-electron chi connectivity index (χ1n) is 6.35. The van der Waals surface area contributed by atoms with Crippen molar-refractivity contribution in [2.24, 2.45) is 0 Å². The van der Waals surface area contributed by atoms with E-state index in [2.05, 4.69) is 0 Å². The fourth-order valence-electron chi connectivity index (χ4n) is 1.89. The molecule has 1 heterocycles. The lowest BCUT2D eigenvalue weighted by Gasteiger charge is -2.20. The first-order valence-corrected chi connectivity index (χ1v) is 7.54. The number of amides is 1. The van der Waals surface area contributed by atoms with E-state index in [1.807, 2.05) is 19.1 Å². The minimum atomic E-state index is -0.290. The predicted molar refractivity (Wildman–Crippen MR) is 80.5 cm³/mol. The molecular weight excluding hydrogens is 297 g/mol. The van der Waals surface area contributed by atoms with Crippen LogP contribution in [-0.4, -0.2) is 17.4 Å². The molecule has 1 aromatic carbocycles. The van der Waals surface area contributed by atoms with E-state index in [1.54, 1.807) is 17.0 Å². The number of hydrogen-bond donors (Lipinski definition) is 0. The van der Waals surface area contributed by atoms with Crippen LogP contribution in [0.3, 0.4) is 0 Å². The molecule has 5 heteroatoms. The molecule has 2 rings (SSSR count). The molecule has 0 aliphatic rings. The van der Waals surface area contributed by atoms with Crippen molar-refractivity contribution in [2.45, 2.75) is 19.9 Å². The highest BCUT2D eigenvalue weighted by molar-refractivity contribution is 7.16. The average molecular weight is 312 g/mol. The van der Waals surface area contributed by atoms with Crippen molar-refractivity contribution in [1.82, 2.24) is 4.90 Å². The Morgan fingerprint density at radius 1 is 1.25 bits per heavy atom. The van der Waals surface area contributed by atoms with Gasteiger partial charge >= 0.3 is 0 Å². The monoisotopic (exact) mass is 311 g/mol. The van der Waals surface area contributed by atoms with Gasteiger partial charge in [-0.05, 0) is 36.8 Å². The number of rotatable bonds is 5. The molecule has 0 fully saturated rings. The molecule has 0 saturated carbocycles. The molecule has 1 aromatic heterocycles. The molecule has 106 valence electrons. The van der Waals surface area contributed by atoms with Crippen molar-refractivity contribution < 1.29 is 9.18 Å². The molecule has 1 amide bonds. The molecule has 0 atom stereocenters. The zero-order valence-electron chi connectivity index (χ0n) is 11.1. The van der Waals surface area contributed by atoms with Gasteiger partial charge in [-0.15, -0.1) is 11.3 Å². The topological polar surface area (TPSA) is 20.3 Å². The van der Waals surface area contributed by atoms with E-state index in [4.69, 9.17) is 11.6 Å². The van der Waals surface area contributed by atoms with Gasteiger partial charge in [-0.25, -0.2) is 4.39 Å². The lowest BCUT2D eigenvalue weighted by Crippen LogP contribution is -2.31. The van der Waals surface area contributed by atoms with Crippen molar-refractivity contribution in [3.05, 3.63) is 57.0 Å². The Morgan fingerprint density at radius 3 is 2.50 bits per heavy atom. The van der Waals surface area contributed by atoms with Gasteiger partial charge in [-0.2, -0.15) is 0 Å². The molecule has 0 N–H and O–H groups in total. The third kappa shape index (κ3) is 4.05. The Hall–Kier alpha value is -1.39. The molecule has 0 aliphatic carbocycles. The molecule has 2 nitrogen and oxygen atoms in total. The summed E-state index contributed by atoms with van der Waals surface area (Å²) in [6.45, 7) is 3.14. The number of carbonyl (C=O) groups excluding carboxylic acids is 1. The second-order valence-electron chi connectivity index (χ2n) is 4.42. The van der Waals surface area contributed by atoms with Gasteiger partial charge in [0.25, 0.3) is 0 Å². The van der Waals surface area contributed by atoms with E-state index in [-0.39, 0.29) is 18.1 Å². The summed E-state index contributed by atoms with van der Waals surface area (Å²) in [4.78, 5) is 15.1. The van der Waals surface area contributed by atoms with Gasteiger partial charge in [0.2, 0.25) is 5.91 Å². The maximum atomic E-state index is 12.8. The molecule has 0 aliphatic heterocycles. The maximum absolute atomic E-state index is 12.8. The lowest BCUT2D eigenvalue weighted by atomic mass is 10.1. The van der Waals surface area contributed by atoms with E-state index in [0.29, 0.717) is 13.1 Å². The van der Waals surface area contributed by atoms with E-state index in [0.717, 1.165) is 14.8 Å².